The molecular weight excluding hydrogens is 360 g/mol. The summed E-state index contributed by atoms with van der Waals surface area (Å²) in [6, 6.07) is 0. The number of ketones is 4. The van der Waals surface area contributed by atoms with Crippen LogP contribution >= 0.6 is 0 Å². The molecule has 0 radical (unpaired) electrons. The Morgan fingerprint density at radius 2 is 1.70 bits per heavy atom. The Bertz CT molecular complexity index is 998. The molecule has 2 fully saturated rings. The first-order valence-electron chi connectivity index (χ1n) is 8.13. The third-order valence-electron chi connectivity index (χ3n) is 6.08. The van der Waals surface area contributed by atoms with Gasteiger partial charge in [-0.05, 0) is 27.7 Å². The minimum atomic E-state index is -2.66. The summed E-state index contributed by atoms with van der Waals surface area (Å²) < 4.78 is 11.0. The van der Waals surface area contributed by atoms with E-state index in [2.05, 4.69) is 0 Å². The lowest BCUT2D eigenvalue weighted by Crippen LogP contribution is -2.64. The van der Waals surface area contributed by atoms with Crippen molar-refractivity contribution in [3.63, 3.8) is 0 Å². The Hall–Kier alpha value is -2.78. The number of hydrogen-bond donors (Lipinski definition) is 3. The summed E-state index contributed by atoms with van der Waals surface area (Å²) in [4.78, 5) is 49.9. The second-order valence-corrected chi connectivity index (χ2v) is 7.35. The lowest BCUT2D eigenvalue weighted by atomic mass is 9.59. The summed E-state index contributed by atoms with van der Waals surface area (Å²) in [5.41, 5.74) is -7.95. The molecule has 4 rings (SSSR count). The average molecular weight is 376 g/mol. The number of aliphatic hydroxyl groups is 3. The van der Waals surface area contributed by atoms with Crippen molar-refractivity contribution >= 4 is 23.1 Å². The largest absolute Gasteiger partial charge is 0.508 e. The van der Waals surface area contributed by atoms with E-state index in [-0.39, 0.29) is 11.3 Å². The van der Waals surface area contributed by atoms with E-state index in [1.54, 1.807) is 0 Å². The van der Waals surface area contributed by atoms with Crippen molar-refractivity contribution in [2.24, 2.45) is 5.41 Å². The van der Waals surface area contributed by atoms with Crippen molar-refractivity contribution in [1.29, 1.82) is 0 Å². The van der Waals surface area contributed by atoms with Crippen molar-refractivity contribution < 1.29 is 44.0 Å². The molecule has 1 spiro atoms. The first-order valence-corrected chi connectivity index (χ1v) is 8.13. The van der Waals surface area contributed by atoms with Crippen LogP contribution in [-0.4, -0.2) is 55.4 Å². The summed E-state index contributed by atoms with van der Waals surface area (Å²) >= 11 is 0. The molecule has 0 aromatic rings. The van der Waals surface area contributed by atoms with Gasteiger partial charge in [-0.15, -0.1) is 0 Å². The summed E-state index contributed by atoms with van der Waals surface area (Å²) in [5, 5.41) is 32.3. The van der Waals surface area contributed by atoms with E-state index in [0.717, 1.165) is 19.9 Å². The Kier molecular flexibility index (Phi) is 2.85. The van der Waals surface area contributed by atoms with Crippen LogP contribution in [0.2, 0.25) is 0 Å². The SMILES string of the molecule is CC(=O)C1=C(O)C=C2O[C@]34O[C@@]3(C(C)=O)C(=O)C(C)=C(O)[C@]4(O)[C@]2(C)C1=O. The van der Waals surface area contributed by atoms with E-state index >= 15 is 0 Å². The fourth-order valence-electron chi connectivity index (χ4n) is 4.50. The zero-order valence-corrected chi connectivity index (χ0v) is 14.9. The van der Waals surface area contributed by atoms with Gasteiger partial charge in [0.05, 0.1) is 0 Å². The number of aliphatic hydroxyl groups excluding tert-OH is 2. The average Bonchev–Trinajstić information content (AvgIpc) is 3.22. The Morgan fingerprint density at radius 1 is 1.11 bits per heavy atom. The Morgan fingerprint density at radius 3 is 2.22 bits per heavy atom. The highest BCUT2D eigenvalue weighted by Crippen LogP contribution is 2.74. The molecule has 2 aliphatic carbocycles. The zero-order chi connectivity index (χ0) is 20.3. The zero-order valence-electron chi connectivity index (χ0n) is 14.9. The normalized spacial score (nSPS) is 42.2. The van der Waals surface area contributed by atoms with E-state index < -0.39 is 62.6 Å². The minimum Gasteiger partial charge on any atom is -0.508 e. The monoisotopic (exact) mass is 376 g/mol. The van der Waals surface area contributed by atoms with Crippen LogP contribution in [0.15, 0.2) is 34.5 Å². The molecule has 4 aliphatic rings. The first-order chi connectivity index (χ1) is 12.3. The van der Waals surface area contributed by atoms with Crippen LogP contribution in [0.5, 0.6) is 0 Å². The third kappa shape index (κ3) is 1.37. The van der Waals surface area contributed by atoms with Gasteiger partial charge in [0.25, 0.3) is 11.4 Å². The second-order valence-electron chi connectivity index (χ2n) is 7.35. The molecule has 0 saturated carbocycles. The quantitative estimate of drug-likeness (QED) is 0.346. The summed E-state index contributed by atoms with van der Waals surface area (Å²) in [5.74, 6) is -7.71. The van der Waals surface area contributed by atoms with Crippen LogP contribution in [-0.2, 0) is 28.7 Å². The van der Waals surface area contributed by atoms with Crippen molar-refractivity contribution in [2.45, 2.75) is 44.7 Å². The lowest BCUT2D eigenvalue weighted by Gasteiger charge is -2.40. The molecule has 9 heteroatoms. The molecule has 0 bridgehead atoms. The second kappa shape index (κ2) is 4.37. The molecule has 0 aromatic carbocycles. The molecular formula is C18H16O9. The lowest BCUT2D eigenvalue weighted by molar-refractivity contribution is -0.156. The van der Waals surface area contributed by atoms with Crippen LogP contribution < -0.4 is 0 Å². The van der Waals surface area contributed by atoms with Gasteiger partial charge in [0.2, 0.25) is 11.4 Å². The molecule has 2 aliphatic heterocycles. The Labute approximate surface area is 152 Å². The number of carbonyl (C=O) groups excluding carboxylic acids is 4. The molecule has 142 valence electrons. The molecule has 0 unspecified atom stereocenters. The van der Waals surface area contributed by atoms with Gasteiger partial charge in [0.1, 0.15) is 28.3 Å². The molecule has 27 heavy (non-hydrogen) atoms. The standard InChI is InChI=1S/C18H16O9/c1-6-12(22)16(8(3)20)18(27-16)17(25,13(6)23)15(4)10(26-18)5-9(21)11(7(2)19)14(15)24/h5,21,23,25H,1-4H3/t15-,16-,17-,18-/m0/s1. The number of ether oxygens (including phenoxy) is 2. The third-order valence-corrected chi connectivity index (χ3v) is 6.08. The summed E-state index contributed by atoms with van der Waals surface area (Å²) in [7, 11) is 0. The van der Waals surface area contributed by atoms with Gasteiger partial charge in [-0.3, -0.25) is 19.2 Å². The van der Waals surface area contributed by atoms with Crippen molar-refractivity contribution in [3.8, 4) is 0 Å². The smallest absolute Gasteiger partial charge is 0.294 e. The van der Waals surface area contributed by atoms with Gasteiger partial charge < -0.3 is 24.8 Å². The molecule has 2 heterocycles. The molecule has 2 saturated heterocycles. The van der Waals surface area contributed by atoms with E-state index in [0.29, 0.717) is 0 Å². The number of fused-ring (bicyclic) bond motifs is 2. The molecule has 4 atom stereocenters. The maximum atomic E-state index is 13.1. The Balaban J connectivity index is 2.07. The molecule has 9 nitrogen and oxygen atoms in total. The molecule has 3 N–H and O–H groups in total. The topological polar surface area (TPSA) is 151 Å². The molecule has 0 aromatic heterocycles. The highest BCUT2D eigenvalue weighted by Gasteiger charge is 2.98. The van der Waals surface area contributed by atoms with Crippen LogP contribution in [0.25, 0.3) is 0 Å². The van der Waals surface area contributed by atoms with Crippen LogP contribution in [0.1, 0.15) is 27.7 Å². The predicted octanol–water partition coefficient (Wildman–Crippen LogP) is 0.0907. The van der Waals surface area contributed by atoms with Crippen molar-refractivity contribution in [1.82, 2.24) is 0 Å². The van der Waals surface area contributed by atoms with Gasteiger partial charge in [0.15, 0.2) is 17.3 Å². The van der Waals surface area contributed by atoms with Gasteiger partial charge in [-0.25, -0.2) is 0 Å². The number of epoxide rings is 1. The van der Waals surface area contributed by atoms with Crippen LogP contribution in [0.4, 0.5) is 0 Å². The first kappa shape index (κ1) is 17.6. The van der Waals surface area contributed by atoms with Gasteiger partial charge in [0, 0.05) is 11.6 Å². The van der Waals surface area contributed by atoms with Crippen molar-refractivity contribution in [2.75, 3.05) is 0 Å². The molecule has 0 amide bonds. The maximum Gasteiger partial charge on any atom is 0.294 e. The van der Waals surface area contributed by atoms with E-state index in [4.69, 9.17) is 9.47 Å². The minimum absolute atomic E-state index is 0.324. The van der Waals surface area contributed by atoms with E-state index in [9.17, 15) is 34.5 Å². The van der Waals surface area contributed by atoms with E-state index in [1.807, 2.05) is 0 Å². The van der Waals surface area contributed by atoms with Gasteiger partial charge >= 0.3 is 0 Å². The van der Waals surface area contributed by atoms with E-state index in [1.165, 1.54) is 13.8 Å². The van der Waals surface area contributed by atoms with Crippen LogP contribution in [0.3, 0.4) is 0 Å². The fourth-order valence-corrected chi connectivity index (χ4v) is 4.50. The summed E-state index contributed by atoms with van der Waals surface area (Å²) in [6.07, 6.45) is 0.947. The van der Waals surface area contributed by atoms with Gasteiger partial charge in [-0.1, -0.05) is 0 Å². The number of hydrogen-bond acceptors (Lipinski definition) is 9. The number of allylic oxidation sites excluding steroid dienone is 2. The van der Waals surface area contributed by atoms with Gasteiger partial charge in [-0.2, -0.15) is 0 Å². The number of rotatable bonds is 2. The highest BCUT2D eigenvalue weighted by molar-refractivity contribution is 6.26. The van der Waals surface area contributed by atoms with Crippen LogP contribution in [0, 0.1) is 5.41 Å². The van der Waals surface area contributed by atoms with Crippen molar-refractivity contribution in [3.05, 3.63) is 34.5 Å². The highest BCUT2D eigenvalue weighted by atomic mass is 16.8. The number of carbonyl (C=O) groups is 4. The fraction of sp³-hybridized carbons (Fsp3) is 0.444. The maximum absolute atomic E-state index is 13.1. The summed E-state index contributed by atoms with van der Waals surface area (Å²) in [6.45, 7) is 4.49. The predicted molar refractivity (Wildman–Crippen MR) is 85.1 cm³/mol. The number of Topliss-reactive ketones (excluding diaryl/α,β-unsaturated/α-hetero) is 4.